The Labute approximate surface area is 89.0 Å². The van der Waals surface area contributed by atoms with E-state index in [1.54, 1.807) is 12.1 Å². The molecule has 0 N–H and O–H groups in total. The molecular weight excluding hydrogens is 192 g/mol. The second-order valence-corrected chi connectivity index (χ2v) is 3.62. The third-order valence-corrected chi connectivity index (χ3v) is 2.63. The summed E-state index contributed by atoms with van der Waals surface area (Å²) in [5.41, 5.74) is 1.72. The van der Waals surface area contributed by atoms with Gasteiger partial charge < -0.3 is 9.47 Å². The molecule has 3 nitrogen and oxygen atoms in total. The van der Waals surface area contributed by atoms with E-state index in [9.17, 15) is 4.79 Å². The Kier molecular flexibility index (Phi) is 3.02. The van der Waals surface area contributed by atoms with Crippen molar-refractivity contribution >= 4 is 5.97 Å². The van der Waals surface area contributed by atoms with Crippen molar-refractivity contribution in [1.29, 1.82) is 0 Å². The van der Waals surface area contributed by atoms with Crippen molar-refractivity contribution in [3.8, 4) is 0 Å². The maximum atomic E-state index is 11.2. The minimum absolute atomic E-state index is 0.205. The predicted molar refractivity (Wildman–Crippen MR) is 55.7 cm³/mol. The summed E-state index contributed by atoms with van der Waals surface area (Å²) in [6.07, 6.45) is 2.39. The van der Waals surface area contributed by atoms with Crippen LogP contribution in [-0.2, 0) is 9.47 Å². The topological polar surface area (TPSA) is 35.5 Å². The highest BCUT2D eigenvalue weighted by Crippen LogP contribution is 2.28. The van der Waals surface area contributed by atoms with E-state index >= 15 is 0 Å². The fourth-order valence-electron chi connectivity index (χ4n) is 1.79. The summed E-state index contributed by atoms with van der Waals surface area (Å²) in [5.74, 6) is -0.297. The molecule has 1 aliphatic rings. The van der Waals surface area contributed by atoms with E-state index in [-0.39, 0.29) is 12.1 Å². The lowest BCUT2D eigenvalue weighted by Gasteiger charge is -2.09. The van der Waals surface area contributed by atoms with E-state index in [4.69, 9.17) is 4.74 Å². The Hall–Kier alpha value is -1.35. The SMILES string of the molecule is COC(=O)c1ccc([C@H]2CCCO2)cc1. The zero-order valence-corrected chi connectivity index (χ0v) is 8.73. The molecule has 0 unspecified atom stereocenters. The summed E-state index contributed by atoms with van der Waals surface area (Å²) in [7, 11) is 1.39. The molecule has 1 atom stereocenters. The zero-order chi connectivity index (χ0) is 10.7. The number of carbonyl (C=O) groups excluding carboxylic acids is 1. The van der Waals surface area contributed by atoms with Crippen LogP contribution in [0.3, 0.4) is 0 Å². The average Bonchev–Trinajstić information content (AvgIpc) is 2.82. The Morgan fingerprint density at radius 1 is 1.40 bits per heavy atom. The number of esters is 1. The summed E-state index contributed by atoms with van der Waals surface area (Å²) < 4.78 is 10.2. The number of hydrogen-bond acceptors (Lipinski definition) is 3. The molecule has 2 rings (SSSR count). The molecule has 0 aromatic heterocycles. The smallest absolute Gasteiger partial charge is 0.337 e. The lowest BCUT2D eigenvalue weighted by molar-refractivity contribution is 0.0600. The number of methoxy groups -OCH3 is 1. The van der Waals surface area contributed by atoms with Crippen LogP contribution in [0.15, 0.2) is 24.3 Å². The largest absolute Gasteiger partial charge is 0.465 e. The van der Waals surface area contributed by atoms with Crippen molar-refractivity contribution < 1.29 is 14.3 Å². The Morgan fingerprint density at radius 3 is 2.67 bits per heavy atom. The van der Waals surface area contributed by atoms with Gasteiger partial charge in [-0.2, -0.15) is 0 Å². The highest BCUT2D eigenvalue weighted by atomic mass is 16.5. The van der Waals surface area contributed by atoms with Crippen LogP contribution < -0.4 is 0 Å². The molecule has 1 aromatic rings. The molecule has 0 amide bonds. The van der Waals surface area contributed by atoms with Crippen LogP contribution in [0, 0.1) is 0 Å². The Bertz CT molecular complexity index is 336. The molecule has 1 fully saturated rings. The fourth-order valence-corrected chi connectivity index (χ4v) is 1.79. The van der Waals surface area contributed by atoms with Crippen LogP contribution in [0.25, 0.3) is 0 Å². The third-order valence-electron chi connectivity index (χ3n) is 2.63. The monoisotopic (exact) mass is 206 g/mol. The molecule has 80 valence electrons. The third kappa shape index (κ3) is 2.18. The number of benzene rings is 1. The first-order valence-corrected chi connectivity index (χ1v) is 5.11. The van der Waals surface area contributed by atoms with Crippen molar-refractivity contribution in [3.05, 3.63) is 35.4 Å². The van der Waals surface area contributed by atoms with Gasteiger partial charge in [-0.05, 0) is 30.5 Å². The van der Waals surface area contributed by atoms with E-state index in [0.29, 0.717) is 5.56 Å². The van der Waals surface area contributed by atoms with Gasteiger partial charge in [0.15, 0.2) is 0 Å². The minimum atomic E-state index is -0.297. The van der Waals surface area contributed by atoms with Crippen molar-refractivity contribution in [3.63, 3.8) is 0 Å². The summed E-state index contributed by atoms with van der Waals surface area (Å²) in [5, 5.41) is 0. The van der Waals surface area contributed by atoms with Gasteiger partial charge in [0.2, 0.25) is 0 Å². The molecule has 3 heteroatoms. The quantitative estimate of drug-likeness (QED) is 0.696. The molecule has 1 aliphatic heterocycles. The molecule has 1 saturated heterocycles. The van der Waals surface area contributed by atoms with Crippen molar-refractivity contribution in [2.24, 2.45) is 0 Å². The predicted octanol–water partition coefficient (Wildman–Crippen LogP) is 2.32. The van der Waals surface area contributed by atoms with Crippen molar-refractivity contribution in [1.82, 2.24) is 0 Å². The van der Waals surface area contributed by atoms with E-state index in [1.807, 2.05) is 12.1 Å². The van der Waals surface area contributed by atoms with E-state index < -0.39 is 0 Å². The standard InChI is InChI=1S/C12H14O3/c1-14-12(13)10-6-4-9(5-7-10)11-3-2-8-15-11/h4-7,11H,2-3,8H2,1H3/t11-/m1/s1. The van der Waals surface area contributed by atoms with Crippen molar-refractivity contribution in [2.75, 3.05) is 13.7 Å². The first-order valence-electron chi connectivity index (χ1n) is 5.11. The first-order chi connectivity index (χ1) is 7.31. The van der Waals surface area contributed by atoms with Crippen LogP contribution in [0.2, 0.25) is 0 Å². The van der Waals surface area contributed by atoms with Crippen molar-refractivity contribution in [2.45, 2.75) is 18.9 Å². The molecule has 15 heavy (non-hydrogen) atoms. The molecular formula is C12H14O3. The van der Waals surface area contributed by atoms with E-state index in [1.165, 1.54) is 7.11 Å². The highest BCUT2D eigenvalue weighted by molar-refractivity contribution is 5.89. The van der Waals surface area contributed by atoms with Gasteiger partial charge in [0.1, 0.15) is 0 Å². The van der Waals surface area contributed by atoms with Crippen LogP contribution in [-0.4, -0.2) is 19.7 Å². The Morgan fingerprint density at radius 2 is 2.13 bits per heavy atom. The molecule has 0 aliphatic carbocycles. The highest BCUT2D eigenvalue weighted by Gasteiger charge is 2.17. The van der Waals surface area contributed by atoms with Gasteiger partial charge in [0.25, 0.3) is 0 Å². The zero-order valence-electron chi connectivity index (χ0n) is 8.73. The molecule has 0 radical (unpaired) electrons. The maximum Gasteiger partial charge on any atom is 0.337 e. The maximum absolute atomic E-state index is 11.2. The van der Waals surface area contributed by atoms with Crippen LogP contribution in [0.5, 0.6) is 0 Å². The van der Waals surface area contributed by atoms with Gasteiger partial charge in [0, 0.05) is 6.61 Å². The summed E-state index contributed by atoms with van der Waals surface area (Å²) in [6.45, 7) is 0.837. The molecule has 0 saturated carbocycles. The fraction of sp³-hybridized carbons (Fsp3) is 0.417. The van der Waals surface area contributed by atoms with E-state index in [2.05, 4.69) is 4.74 Å². The number of carbonyl (C=O) groups is 1. The van der Waals surface area contributed by atoms with Gasteiger partial charge in [0.05, 0.1) is 18.8 Å². The second-order valence-electron chi connectivity index (χ2n) is 3.62. The number of rotatable bonds is 2. The average molecular weight is 206 g/mol. The van der Waals surface area contributed by atoms with Crippen LogP contribution in [0.1, 0.15) is 34.9 Å². The number of ether oxygens (including phenoxy) is 2. The molecule has 0 bridgehead atoms. The minimum Gasteiger partial charge on any atom is -0.465 e. The van der Waals surface area contributed by atoms with Gasteiger partial charge in [-0.1, -0.05) is 12.1 Å². The van der Waals surface area contributed by atoms with Crippen LogP contribution >= 0.6 is 0 Å². The summed E-state index contributed by atoms with van der Waals surface area (Å²) in [4.78, 5) is 11.2. The van der Waals surface area contributed by atoms with Gasteiger partial charge in [-0.3, -0.25) is 0 Å². The van der Waals surface area contributed by atoms with Gasteiger partial charge in [-0.25, -0.2) is 4.79 Å². The lowest BCUT2D eigenvalue weighted by Crippen LogP contribution is -2.02. The first kappa shape index (κ1) is 10.2. The summed E-state index contributed by atoms with van der Waals surface area (Å²) >= 11 is 0. The molecule has 1 heterocycles. The van der Waals surface area contributed by atoms with Gasteiger partial charge in [-0.15, -0.1) is 0 Å². The molecule has 1 aromatic carbocycles. The lowest BCUT2D eigenvalue weighted by atomic mass is 10.0. The normalized spacial score (nSPS) is 20.2. The van der Waals surface area contributed by atoms with Crippen LogP contribution in [0.4, 0.5) is 0 Å². The summed E-state index contributed by atoms with van der Waals surface area (Å²) in [6, 6.07) is 7.43. The second kappa shape index (κ2) is 4.45. The Balaban J connectivity index is 2.12. The molecule has 0 spiro atoms. The number of hydrogen-bond donors (Lipinski definition) is 0. The van der Waals surface area contributed by atoms with Gasteiger partial charge >= 0.3 is 5.97 Å². The van der Waals surface area contributed by atoms with E-state index in [0.717, 1.165) is 25.0 Å².